The Morgan fingerprint density at radius 3 is 2.40 bits per heavy atom. The number of hydrogen-bond acceptors (Lipinski definition) is 3. The van der Waals surface area contributed by atoms with Crippen molar-refractivity contribution in [2.75, 3.05) is 7.05 Å². The van der Waals surface area contributed by atoms with Gasteiger partial charge in [0.25, 0.3) is 0 Å². The number of aliphatic hydroxyl groups is 1. The summed E-state index contributed by atoms with van der Waals surface area (Å²) >= 11 is 0. The summed E-state index contributed by atoms with van der Waals surface area (Å²) in [5.41, 5.74) is 5.53. The number of fused-ring (bicyclic) bond motifs is 2. The van der Waals surface area contributed by atoms with E-state index in [0.29, 0.717) is 12.1 Å². The Hall–Kier alpha value is -0.120. The van der Waals surface area contributed by atoms with Crippen molar-refractivity contribution in [3.63, 3.8) is 0 Å². The molecule has 0 aromatic rings. The van der Waals surface area contributed by atoms with Crippen LogP contribution in [0, 0.1) is 0 Å². The highest BCUT2D eigenvalue weighted by molar-refractivity contribution is 5.04. The van der Waals surface area contributed by atoms with Crippen LogP contribution in [0.2, 0.25) is 0 Å². The molecule has 2 aliphatic rings. The van der Waals surface area contributed by atoms with Crippen LogP contribution in [0.5, 0.6) is 0 Å². The van der Waals surface area contributed by atoms with Crippen LogP contribution in [0.15, 0.2) is 0 Å². The van der Waals surface area contributed by atoms with Gasteiger partial charge in [0.2, 0.25) is 0 Å². The number of nitrogens with two attached hydrogens (primary N) is 1. The fourth-order valence-corrected chi connectivity index (χ4v) is 3.36. The molecule has 0 aromatic carbocycles. The zero-order valence-electron chi connectivity index (χ0n) is 9.95. The number of hydrogen-bond donors (Lipinski definition) is 2. The van der Waals surface area contributed by atoms with Gasteiger partial charge in [-0.25, -0.2) is 0 Å². The Morgan fingerprint density at radius 2 is 1.93 bits per heavy atom. The van der Waals surface area contributed by atoms with E-state index in [1.54, 1.807) is 0 Å². The van der Waals surface area contributed by atoms with Crippen molar-refractivity contribution >= 4 is 0 Å². The molecule has 0 aromatic heterocycles. The normalized spacial score (nSPS) is 43.2. The predicted molar refractivity (Wildman–Crippen MR) is 61.6 cm³/mol. The van der Waals surface area contributed by atoms with E-state index < -0.39 is 5.60 Å². The van der Waals surface area contributed by atoms with Crippen LogP contribution in [0.1, 0.15) is 45.4 Å². The Balaban J connectivity index is 2.05. The molecular weight excluding hydrogens is 188 g/mol. The molecule has 88 valence electrons. The van der Waals surface area contributed by atoms with Crippen LogP contribution in [0.4, 0.5) is 0 Å². The summed E-state index contributed by atoms with van der Waals surface area (Å²) in [4.78, 5) is 2.44. The molecule has 0 radical (unpaired) electrons. The molecule has 0 spiro atoms. The van der Waals surface area contributed by atoms with Gasteiger partial charge < -0.3 is 15.7 Å². The lowest BCUT2D eigenvalue weighted by molar-refractivity contribution is -0.0635. The molecule has 2 aliphatic heterocycles. The summed E-state index contributed by atoms with van der Waals surface area (Å²) in [5.74, 6) is 0. The molecule has 2 fully saturated rings. The monoisotopic (exact) mass is 212 g/mol. The highest BCUT2D eigenvalue weighted by Gasteiger charge is 2.48. The van der Waals surface area contributed by atoms with Crippen LogP contribution in [-0.2, 0) is 0 Å². The van der Waals surface area contributed by atoms with Crippen molar-refractivity contribution in [3.8, 4) is 0 Å². The molecule has 0 amide bonds. The van der Waals surface area contributed by atoms with Crippen LogP contribution >= 0.6 is 0 Å². The average Bonchev–Trinajstić information content (AvgIpc) is 2.43. The molecular formula is C12H24N2O. The van der Waals surface area contributed by atoms with Gasteiger partial charge in [-0.1, -0.05) is 13.3 Å². The van der Waals surface area contributed by atoms with Crippen molar-refractivity contribution in [2.24, 2.45) is 5.73 Å². The van der Waals surface area contributed by atoms with E-state index >= 15 is 0 Å². The second kappa shape index (κ2) is 4.04. The quantitative estimate of drug-likeness (QED) is 0.736. The van der Waals surface area contributed by atoms with Crippen LogP contribution in [-0.4, -0.2) is 40.8 Å². The first-order valence-electron chi connectivity index (χ1n) is 6.26. The topological polar surface area (TPSA) is 49.5 Å². The second-order valence-electron chi connectivity index (χ2n) is 5.46. The van der Waals surface area contributed by atoms with Gasteiger partial charge in [-0.15, -0.1) is 0 Å². The van der Waals surface area contributed by atoms with E-state index in [-0.39, 0.29) is 6.04 Å². The van der Waals surface area contributed by atoms with E-state index in [4.69, 9.17) is 5.73 Å². The molecule has 3 N–H and O–H groups in total. The predicted octanol–water partition coefficient (Wildman–Crippen LogP) is 1.10. The first-order valence-corrected chi connectivity index (χ1v) is 6.26. The summed E-state index contributed by atoms with van der Waals surface area (Å²) in [7, 11) is 2.19. The number of rotatable bonds is 3. The summed E-state index contributed by atoms with van der Waals surface area (Å²) < 4.78 is 0. The van der Waals surface area contributed by atoms with Crippen molar-refractivity contribution in [1.29, 1.82) is 0 Å². The summed E-state index contributed by atoms with van der Waals surface area (Å²) in [5, 5.41) is 10.6. The molecule has 2 saturated heterocycles. The van der Waals surface area contributed by atoms with E-state index in [1.807, 2.05) is 0 Å². The highest BCUT2D eigenvalue weighted by Crippen LogP contribution is 2.41. The van der Waals surface area contributed by atoms with Crippen LogP contribution in [0.25, 0.3) is 0 Å². The average molecular weight is 212 g/mol. The lowest BCUT2D eigenvalue weighted by Gasteiger charge is -2.45. The van der Waals surface area contributed by atoms with E-state index in [0.717, 1.165) is 25.7 Å². The zero-order chi connectivity index (χ0) is 11.1. The molecule has 0 saturated carbocycles. The standard InChI is InChI=1S/C12H24N2O/c1-3-4-11(13)12(15)7-9-5-6-10(8-12)14(9)2/h9-11,15H,3-8,13H2,1-2H3. The van der Waals surface area contributed by atoms with Gasteiger partial charge in [0.1, 0.15) is 0 Å². The molecule has 2 heterocycles. The van der Waals surface area contributed by atoms with Gasteiger partial charge >= 0.3 is 0 Å². The lowest BCUT2D eigenvalue weighted by Crippen LogP contribution is -2.57. The van der Waals surface area contributed by atoms with Crippen molar-refractivity contribution < 1.29 is 5.11 Å². The largest absolute Gasteiger partial charge is 0.388 e. The fourth-order valence-electron chi connectivity index (χ4n) is 3.36. The molecule has 2 rings (SSSR count). The van der Waals surface area contributed by atoms with Gasteiger partial charge in [-0.3, -0.25) is 0 Å². The Bertz CT molecular complexity index is 218. The molecule has 3 heteroatoms. The third-order valence-corrected chi connectivity index (χ3v) is 4.45. The minimum absolute atomic E-state index is 0.0284. The minimum Gasteiger partial charge on any atom is -0.388 e. The molecule has 3 atom stereocenters. The summed E-state index contributed by atoms with van der Waals surface area (Å²) in [6.45, 7) is 2.13. The SMILES string of the molecule is CCCC(N)C1(O)CC2CCC(C1)N2C. The van der Waals surface area contributed by atoms with Crippen LogP contribution < -0.4 is 5.73 Å². The third kappa shape index (κ3) is 1.93. The summed E-state index contributed by atoms with van der Waals surface area (Å²) in [6.07, 6.45) is 6.24. The fraction of sp³-hybridized carbons (Fsp3) is 1.00. The minimum atomic E-state index is -0.589. The van der Waals surface area contributed by atoms with E-state index in [2.05, 4.69) is 18.9 Å². The highest BCUT2D eigenvalue weighted by atomic mass is 16.3. The molecule has 3 nitrogen and oxygen atoms in total. The van der Waals surface area contributed by atoms with E-state index in [9.17, 15) is 5.11 Å². The van der Waals surface area contributed by atoms with Gasteiger partial charge in [-0.2, -0.15) is 0 Å². The van der Waals surface area contributed by atoms with E-state index in [1.165, 1.54) is 12.8 Å². The Morgan fingerprint density at radius 1 is 1.40 bits per heavy atom. The zero-order valence-corrected chi connectivity index (χ0v) is 9.95. The maximum absolute atomic E-state index is 10.6. The smallest absolute Gasteiger partial charge is 0.0827 e. The second-order valence-corrected chi connectivity index (χ2v) is 5.46. The molecule has 15 heavy (non-hydrogen) atoms. The molecule has 2 bridgehead atoms. The number of nitrogens with zero attached hydrogens (tertiary/aromatic N) is 1. The van der Waals surface area contributed by atoms with Gasteiger partial charge in [0.05, 0.1) is 5.60 Å². The third-order valence-electron chi connectivity index (χ3n) is 4.45. The summed E-state index contributed by atoms with van der Waals surface area (Å²) in [6, 6.07) is 1.10. The van der Waals surface area contributed by atoms with Gasteiger partial charge in [0, 0.05) is 18.1 Å². The molecule has 0 aliphatic carbocycles. The van der Waals surface area contributed by atoms with Gasteiger partial charge in [-0.05, 0) is 39.2 Å². The van der Waals surface area contributed by atoms with Gasteiger partial charge in [0.15, 0.2) is 0 Å². The number of piperidine rings is 1. The molecule has 3 unspecified atom stereocenters. The Kier molecular flexibility index (Phi) is 3.06. The maximum Gasteiger partial charge on any atom is 0.0827 e. The lowest BCUT2D eigenvalue weighted by atomic mass is 9.79. The Labute approximate surface area is 92.6 Å². The van der Waals surface area contributed by atoms with Crippen molar-refractivity contribution in [2.45, 2.75) is 69.2 Å². The first-order chi connectivity index (χ1) is 7.07. The van der Waals surface area contributed by atoms with Crippen LogP contribution in [0.3, 0.4) is 0 Å². The van der Waals surface area contributed by atoms with Crippen molar-refractivity contribution in [3.05, 3.63) is 0 Å². The van der Waals surface area contributed by atoms with Crippen molar-refractivity contribution in [1.82, 2.24) is 4.90 Å². The first kappa shape index (κ1) is 11.4. The maximum atomic E-state index is 10.6.